The van der Waals surface area contributed by atoms with Crippen molar-refractivity contribution in [2.24, 2.45) is 0 Å². The van der Waals surface area contributed by atoms with Gasteiger partial charge in [-0.05, 0) is 42.8 Å². The van der Waals surface area contributed by atoms with Gasteiger partial charge in [-0.3, -0.25) is 9.69 Å². The van der Waals surface area contributed by atoms with Crippen LogP contribution in [0.5, 0.6) is 0 Å². The molecule has 1 N–H and O–H groups in total. The Morgan fingerprint density at radius 1 is 1.04 bits per heavy atom. The van der Waals surface area contributed by atoms with Crippen LogP contribution in [0.3, 0.4) is 0 Å². The van der Waals surface area contributed by atoms with E-state index in [0.717, 1.165) is 11.6 Å². The van der Waals surface area contributed by atoms with E-state index < -0.39 is 17.9 Å². The fourth-order valence-corrected chi connectivity index (χ4v) is 3.35. The number of pyridine rings is 1. The van der Waals surface area contributed by atoms with Gasteiger partial charge in [-0.2, -0.15) is 13.2 Å². The highest BCUT2D eigenvalue weighted by Crippen LogP contribution is 2.40. The van der Waals surface area contributed by atoms with Gasteiger partial charge in [-0.15, -0.1) is 0 Å². The zero-order valence-electron chi connectivity index (χ0n) is 14.9. The largest absolute Gasteiger partial charge is 0.418 e. The number of fused-ring (bicyclic) bond motifs is 1. The summed E-state index contributed by atoms with van der Waals surface area (Å²) in [6.45, 7) is 1.86. The zero-order valence-corrected chi connectivity index (χ0v) is 14.9. The lowest BCUT2D eigenvalue weighted by molar-refractivity contribution is -0.137. The molecule has 2 aromatic carbocycles. The minimum atomic E-state index is -4.52. The van der Waals surface area contributed by atoms with Gasteiger partial charge >= 0.3 is 6.18 Å². The van der Waals surface area contributed by atoms with Crippen molar-refractivity contribution in [1.29, 1.82) is 0 Å². The minimum Gasteiger partial charge on any atom is -0.361 e. The van der Waals surface area contributed by atoms with Crippen molar-refractivity contribution in [2.45, 2.75) is 19.3 Å². The summed E-state index contributed by atoms with van der Waals surface area (Å²) in [5.74, 6) is 0.0684. The maximum atomic E-state index is 13.4. The molecule has 7 heteroatoms. The van der Waals surface area contributed by atoms with E-state index in [0.29, 0.717) is 16.9 Å². The van der Waals surface area contributed by atoms with Gasteiger partial charge in [0.1, 0.15) is 12.0 Å². The highest BCUT2D eigenvalue weighted by Gasteiger charge is 2.40. The summed E-state index contributed by atoms with van der Waals surface area (Å²) in [6.07, 6.45) is -3.75. The molecule has 0 saturated carbocycles. The molecule has 142 valence electrons. The van der Waals surface area contributed by atoms with Crippen LogP contribution in [-0.2, 0) is 6.18 Å². The lowest BCUT2D eigenvalue weighted by Crippen LogP contribution is -2.33. The SMILES string of the molecule is Cc1ccnc(N2C(=O)c3ccccc3[C@H]2Nc2ccccc2C(F)(F)F)c1. The molecular weight excluding hydrogens is 367 g/mol. The number of hydrogen-bond donors (Lipinski definition) is 1. The summed E-state index contributed by atoms with van der Waals surface area (Å²) < 4.78 is 40.3. The van der Waals surface area contributed by atoms with Gasteiger partial charge in [0.05, 0.1) is 5.56 Å². The monoisotopic (exact) mass is 383 g/mol. The van der Waals surface area contributed by atoms with Crippen molar-refractivity contribution in [1.82, 2.24) is 4.98 Å². The number of aromatic nitrogens is 1. The molecule has 1 atom stereocenters. The predicted molar refractivity (Wildman–Crippen MR) is 100 cm³/mol. The first-order valence-corrected chi connectivity index (χ1v) is 8.64. The molecule has 3 aromatic rings. The number of anilines is 2. The molecule has 0 bridgehead atoms. The van der Waals surface area contributed by atoms with E-state index in [1.165, 1.54) is 23.1 Å². The van der Waals surface area contributed by atoms with Crippen LogP contribution < -0.4 is 10.2 Å². The third-order valence-electron chi connectivity index (χ3n) is 4.64. The van der Waals surface area contributed by atoms with Crippen molar-refractivity contribution < 1.29 is 18.0 Å². The molecule has 1 aromatic heterocycles. The maximum Gasteiger partial charge on any atom is 0.418 e. The Kier molecular flexibility index (Phi) is 4.30. The second-order valence-electron chi connectivity index (χ2n) is 6.54. The number of carbonyl (C=O) groups excluding carboxylic acids is 1. The lowest BCUT2D eigenvalue weighted by atomic mass is 10.1. The van der Waals surface area contributed by atoms with Gasteiger partial charge in [0.2, 0.25) is 0 Å². The Morgan fingerprint density at radius 2 is 1.75 bits per heavy atom. The smallest absolute Gasteiger partial charge is 0.361 e. The Morgan fingerprint density at radius 3 is 2.50 bits per heavy atom. The number of alkyl halides is 3. The number of rotatable bonds is 3. The van der Waals surface area contributed by atoms with Crippen LogP contribution in [0.4, 0.5) is 24.7 Å². The van der Waals surface area contributed by atoms with Crippen molar-refractivity contribution >= 4 is 17.4 Å². The van der Waals surface area contributed by atoms with E-state index in [-0.39, 0.29) is 11.6 Å². The van der Waals surface area contributed by atoms with Crippen LogP contribution in [0.2, 0.25) is 0 Å². The van der Waals surface area contributed by atoms with Crippen molar-refractivity contribution in [3.05, 3.63) is 89.1 Å². The number of nitrogens with zero attached hydrogens (tertiary/aromatic N) is 2. The highest BCUT2D eigenvalue weighted by molar-refractivity contribution is 6.11. The van der Waals surface area contributed by atoms with Gasteiger partial charge in [0, 0.05) is 23.0 Å². The van der Waals surface area contributed by atoms with Crippen LogP contribution >= 0.6 is 0 Å². The van der Waals surface area contributed by atoms with E-state index >= 15 is 0 Å². The Bertz CT molecular complexity index is 1050. The summed E-state index contributed by atoms with van der Waals surface area (Å²) in [6, 6.07) is 15.6. The fourth-order valence-electron chi connectivity index (χ4n) is 3.35. The van der Waals surface area contributed by atoms with Crippen LogP contribution in [-0.4, -0.2) is 10.9 Å². The number of amides is 1. The normalized spacial score (nSPS) is 16.2. The Hall–Kier alpha value is -3.35. The van der Waals surface area contributed by atoms with E-state index in [9.17, 15) is 18.0 Å². The molecule has 1 aliphatic rings. The molecule has 4 nitrogen and oxygen atoms in total. The van der Waals surface area contributed by atoms with E-state index in [4.69, 9.17) is 0 Å². The first kappa shape index (κ1) is 18.0. The van der Waals surface area contributed by atoms with E-state index in [1.54, 1.807) is 42.6 Å². The highest BCUT2D eigenvalue weighted by atomic mass is 19.4. The zero-order chi connectivity index (χ0) is 19.9. The fraction of sp³-hybridized carbons (Fsp3) is 0.143. The molecule has 0 radical (unpaired) electrons. The van der Waals surface area contributed by atoms with Crippen molar-refractivity contribution in [3.63, 3.8) is 0 Å². The molecule has 0 aliphatic carbocycles. The molecule has 4 rings (SSSR count). The standard InChI is InChI=1S/C21H16F3N3O/c1-13-10-11-25-18(12-13)27-19(14-6-2-3-7-15(14)20(27)28)26-17-9-5-4-8-16(17)21(22,23)24/h2-12,19,26H,1H3/t19-/m0/s1. The first-order chi connectivity index (χ1) is 13.4. The molecule has 1 amide bonds. The third kappa shape index (κ3) is 3.09. The molecule has 28 heavy (non-hydrogen) atoms. The van der Waals surface area contributed by atoms with Gasteiger partial charge < -0.3 is 5.32 Å². The van der Waals surface area contributed by atoms with Crippen molar-refractivity contribution in [2.75, 3.05) is 10.2 Å². The van der Waals surface area contributed by atoms with Crippen LogP contribution in [0.15, 0.2) is 66.9 Å². The summed E-state index contributed by atoms with van der Waals surface area (Å²) in [7, 11) is 0. The van der Waals surface area contributed by atoms with Gasteiger partial charge in [0.25, 0.3) is 5.91 Å². The number of hydrogen-bond acceptors (Lipinski definition) is 3. The van der Waals surface area contributed by atoms with E-state index in [1.807, 2.05) is 6.92 Å². The van der Waals surface area contributed by atoms with Gasteiger partial charge in [0.15, 0.2) is 0 Å². The number of nitrogens with one attached hydrogen (secondary N) is 1. The van der Waals surface area contributed by atoms with Gasteiger partial charge in [-0.25, -0.2) is 4.98 Å². The molecule has 0 unspecified atom stereocenters. The molecule has 0 saturated heterocycles. The quantitative estimate of drug-likeness (QED) is 0.678. The number of halogens is 3. The average molecular weight is 383 g/mol. The molecule has 2 heterocycles. The topological polar surface area (TPSA) is 45.2 Å². The number of carbonyl (C=O) groups is 1. The minimum absolute atomic E-state index is 0.0952. The second-order valence-corrected chi connectivity index (χ2v) is 6.54. The van der Waals surface area contributed by atoms with E-state index in [2.05, 4.69) is 10.3 Å². The molecule has 0 fully saturated rings. The number of benzene rings is 2. The molecule has 0 spiro atoms. The summed E-state index contributed by atoms with van der Waals surface area (Å²) >= 11 is 0. The van der Waals surface area contributed by atoms with Crippen LogP contribution in [0, 0.1) is 6.92 Å². The van der Waals surface area contributed by atoms with Gasteiger partial charge in [-0.1, -0.05) is 30.3 Å². The maximum absolute atomic E-state index is 13.4. The predicted octanol–water partition coefficient (Wildman–Crippen LogP) is 5.18. The van der Waals surface area contributed by atoms with Crippen molar-refractivity contribution in [3.8, 4) is 0 Å². The molecular formula is C21H16F3N3O. The Labute approximate surface area is 159 Å². The number of para-hydroxylation sites is 1. The summed E-state index contributed by atoms with van der Waals surface area (Å²) in [5, 5.41) is 2.92. The van der Waals surface area contributed by atoms with Crippen LogP contribution in [0.25, 0.3) is 0 Å². The number of aryl methyl sites for hydroxylation is 1. The third-order valence-corrected chi connectivity index (χ3v) is 4.64. The first-order valence-electron chi connectivity index (χ1n) is 8.64. The van der Waals surface area contributed by atoms with Crippen LogP contribution in [0.1, 0.15) is 33.2 Å². The summed E-state index contributed by atoms with van der Waals surface area (Å²) in [4.78, 5) is 18.7. The average Bonchev–Trinajstić information content (AvgIpc) is 2.94. The molecule has 1 aliphatic heterocycles. The lowest BCUT2D eigenvalue weighted by Gasteiger charge is -2.27. The second kappa shape index (κ2) is 6.67. The Balaban J connectivity index is 1.82. The summed E-state index contributed by atoms with van der Waals surface area (Å²) in [5.41, 5.74) is 1.05.